The largest absolute Gasteiger partial charge is 0.496 e. The van der Waals surface area contributed by atoms with Gasteiger partial charge in [-0.1, -0.05) is 32.0 Å². The van der Waals surface area contributed by atoms with E-state index in [0.717, 1.165) is 18.7 Å². The molecule has 2 atom stereocenters. The van der Waals surface area contributed by atoms with Crippen LogP contribution in [0.3, 0.4) is 0 Å². The quantitative estimate of drug-likeness (QED) is 0.730. The molecule has 0 saturated carbocycles. The number of hydrogen-bond acceptors (Lipinski definition) is 4. The number of likely N-dealkylation sites (N-methyl/N-ethyl adjacent to an activating group) is 1. The zero-order valence-corrected chi connectivity index (χ0v) is 14.0. The smallest absolute Gasteiger partial charge is 0.122 e. The summed E-state index contributed by atoms with van der Waals surface area (Å²) >= 11 is 0. The van der Waals surface area contributed by atoms with Crippen LogP contribution in [0.15, 0.2) is 24.3 Å². The van der Waals surface area contributed by atoms with Gasteiger partial charge >= 0.3 is 0 Å². The first-order valence-electron chi connectivity index (χ1n) is 7.67. The van der Waals surface area contributed by atoms with Gasteiger partial charge in [0.1, 0.15) is 5.75 Å². The van der Waals surface area contributed by atoms with Crippen LogP contribution in [0.5, 0.6) is 5.75 Å². The second kappa shape index (κ2) is 9.03. The van der Waals surface area contributed by atoms with Crippen molar-refractivity contribution < 1.29 is 9.84 Å². The summed E-state index contributed by atoms with van der Waals surface area (Å²) in [4.78, 5) is 2.28. The molecule has 0 bridgehead atoms. The Balaban J connectivity index is 2.59. The Morgan fingerprint density at radius 2 is 1.90 bits per heavy atom. The lowest BCUT2D eigenvalue weighted by molar-refractivity contribution is 0.169. The Hall–Kier alpha value is -1.10. The van der Waals surface area contributed by atoms with Gasteiger partial charge in [0.15, 0.2) is 0 Å². The maximum Gasteiger partial charge on any atom is 0.122 e. The number of rotatable bonds is 9. The van der Waals surface area contributed by atoms with Gasteiger partial charge in [-0.2, -0.15) is 0 Å². The Bertz CT molecular complexity index is 410. The first-order valence-corrected chi connectivity index (χ1v) is 7.67. The van der Waals surface area contributed by atoms with Crippen LogP contribution in [0, 0.1) is 0 Å². The fourth-order valence-corrected chi connectivity index (χ4v) is 2.51. The Labute approximate surface area is 129 Å². The molecule has 0 aliphatic heterocycles. The van der Waals surface area contributed by atoms with E-state index in [1.165, 1.54) is 5.56 Å². The number of para-hydroxylation sites is 1. The summed E-state index contributed by atoms with van der Waals surface area (Å²) in [6, 6.07) is 9.00. The highest BCUT2D eigenvalue weighted by Crippen LogP contribution is 2.20. The molecule has 4 heteroatoms. The van der Waals surface area contributed by atoms with E-state index in [1.54, 1.807) is 7.11 Å². The molecule has 0 spiro atoms. The van der Waals surface area contributed by atoms with E-state index in [0.29, 0.717) is 12.1 Å². The minimum atomic E-state index is 0.107. The molecule has 1 rings (SSSR count). The van der Waals surface area contributed by atoms with Crippen molar-refractivity contribution in [1.82, 2.24) is 10.2 Å². The molecule has 0 radical (unpaired) electrons. The van der Waals surface area contributed by atoms with Crippen LogP contribution >= 0.6 is 0 Å². The molecular formula is C17H30N2O2. The van der Waals surface area contributed by atoms with Crippen LogP contribution in [-0.2, 0) is 6.42 Å². The summed E-state index contributed by atoms with van der Waals surface area (Å²) < 4.78 is 5.41. The maximum absolute atomic E-state index is 9.47. The molecule has 2 unspecified atom stereocenters. The second-order valence-corrected chi connectivity index (χ2v) is 6.01. The van der Waals surface area contributed by atoms with Crippen LogP contribution in [0.1, 0.15) is 26.3 Å². The number of nitrogens with zero attached hydrogens (tertiary/aromatic N) is 1. The van der Waals surface area contributed by atoms with Gasteiger partial charge in [-0.3, -0.25) is 0 Å². The van der Waals surface area contributed by atoms with Gasteiger partial charge in [0, 0.05) is 24.7 Å². The van der Waals surface area contributed by atoms with E-state index < -0.39 is 0 Å². The fourth-order valence-electron chi connectivity index (χ4n) is 2.51. The van der Waals surface area contributed by atoms with Crippen molar-refractivity contribution in [2.75, 3.05) is 27.3 Å². The van der Waals surface area contributed by atoms with Crippen LogP contribution in [0.25, 0.3) is 0 Å². The molecule has 21 heavy (non-hydrogen) atoms. The van der Waals surface area contributed by atoms with Crippen molar-refractivity contribution in [1.29, 1.82) is 0 Å². The Morgan fingerprint density at radius 3 is 2.48 bits per heavy atom. The number of aliphatic hydroxyl groups excluding tert-OH is 1. The topological polar surface area (TPSA) is 44.7 Å². The first-order chi connectivity index (χ1) is 9.97. The second-order valence-electron chi connectivity index (χ2n) is 6.01. The van der Waals surface area contributed by atoms with Crippen molar-refractivity contribution in [2.24, 2.45) is 0 Å². The summed E-state index contributed by atoms with van der Waals surface area (Å²) in [6.45, 7) is 7.38. The van der Waals surface area contributed by atoms with E-state index in [-0.39, 0.29) is 12.6 Å². The summed E-state index contributed by atoms with van der Waals surface area (Å²) in [5, 5.41) is 12.9. The Kier molecular flexibility index (Phi) is 7.72. The van der Waals surface area contributed by atoms with Gasteiger partial charge in [0.2, 0.25) is 0 Å². The van der Waals surface area contributed by atoms with Crippen molar-refractivity contribution in [3.05, 3.63) is 29.8 Å². The van der Waals surface area contributed by atoms with Crippen LogP contribution in [0.2, 0.25) is 0 Å². The maximum atomic E-state index is 9.47. The lowest BCUT2D eigenvalue weighted by Crippen LogP contribution is -2.47. The third-order valence-corrected chi connectivity index (χ3v) is 3.76. The predicted molar refractivity (Wildman–Crippen MR) is 87.9 cm³/mol. The van der Waals surface area contributed by atoms with E-state index in [9.17, 15) is 5.11 Å². The molecule has 0 aliphatic carbocycles. The van der Waals surface area contributed by atoms with E-state index in [1.807, 2.05) is 18.2 Å². The number of nitrogens with one attached hydrogen (secondary N) is 1. The molecule has 1 aromatic carbocycles. The predicted octanol–water partition coefficient (Wildman–Crippen LogP) is 1.92. The molecule has 0 saturated heterocycles. The van der Waals surface area contributed by atoms with Gasteiger partial charge in [-0.05, 0) is 32.0 Å². The molecule has 0 heterocycles. The zero-order valence-electron chi connectivity index (χ0n) is 14.0. The molecule has 0 aliphatic rings. The molecule has 0 amide bonds. The standard InChI is InChI=1S/C17H30N2O2/c1-13(2)18-16(12-20)11-19(4)14(3)10-15-8-6-7-9-17(15)21-5/h6-9,13-14,16,18,20H,10-12H2,1-5H3. The molecule has 0 aromatic heterocycles. The number of aliphatic hydroxyl groups is 1. The van der Waals surface area contributed by atoms with Gasteiger partial charge in [-0.15, -0.1) is 0 Å². The monoisotopic (exact) mass is 294 g/mol. The highest BCUT2D eigenvalue weighted by atomic mass is 16.5. The number of hydrogen-bond donors (Lipinski definition) is 2. The van der Waals surface area contributed by atoms with Crippen molar-refractivity contribution in [3.8, 4) is 5.75 Å². The zero-order chi connectivity index (χ0) is 15.8. The van der Waals surface area contributed by atoms with Crippen molar-refractivity contribution in [3.63, 3.8) is 0 Å². The number of methoxy groups -OCH3 is 1. The lowest BCUT2D eigenvalue weighted by Gasteiger charge is -2.30. The van der Waals surface area contributed by atoms with Crippen molar-refractivity contribution in [2.45, 2.75) is 45.3 Å². The SMILES string of the molecule is COc1ccccc1CC(C)N(C)CC(CO)NC(C)C. The Morgan fingerprint density at radius 1 is 1.24 bits per heavy atom. The summed E-state index contributed by atoms with van der Waals surface area (Å²) in [6.07, 6.45) is 0.931. The highest BCUT2D eigenvalue weighted by Gasteiger charge is 2.17. The summed E-state index contributed by atoms with van der Waals surface area (Å²) in [5.74, 6) is 0.941. The summed E-state index contributed by atoms with van der Waals surface area (Å²) in [7, 11) is 3.81. The minimum Gasteiger partial charge on any atom is -0.496 e. The van der Waals surface area contributed by atoms with Gasteiger partial charge in [0.25, 0.3) is 0 Å². The van der Waals surface area contributed by atoms with Crippen LogP contribution < -0.4 is 10.1 Å². The van der Waals surface area contributed by atoms with E-state index >= 15 is 0 Å². The molecule has 0 fully saturated rings. The fraction of sp³-hybridized carbons (Fsp3) is 0.647. The normalized spacial score (nSPS) is 14.5. The summed E-state index contributed by atoms with van der Waals surface area (Å²) in [5.41, 5.74) is 1.22. The van der Waals surface area contributed by atoms with Gasteiger partial charge in [-0.25, -0.2) is 0 Å². The number of benzene rings is 1. The molecule has 2 N–H and O–H groups in total. The van der Waals surface area contributed by atoms with Crippen LogP contribution in [-0.4, -0.2) is 55.4 Å². The van der Waals surface area contributed by atoms with E-state index in [4.69, 9.17) is 4.74 Å². The third-order valence-electron chi connectivity index (χ3n) is 3.76. The van der Waals surface area contributed by atoms with Gasteiger partial charge < -0.3 is 20.1 Å². The average Bonchev–Trinajstić information content (AvgIpc) is 2.46. The van der Waals surface area contributed by atoms with Crippen LogP contribution in [0.4, 0.5) is 0 Å². The highest BCUT2D eigenvalue weighted by molar-refractivity contribution is 5.33. The van der Waals surface area contributed by atoms with E-state index in [2.05, 4.69) is 44.1 Å². The average molecular weight is 294 g/mol. The molecule has 4 nitrogen and oxygen atoms in total. The van der Waals surface area contributed by atoms with Crippen molar-refractivity contribution >= 4 is 0 Å². The third kappa shape index (κ3) is 6.04. The van der Waals surface area contributed by atoms with Gasteiger partial charge in [0.05, 0.1) is 13.7 Å². The molecule has 1 aromatic rings. The molecule has 120 valence electrons. The first kappa shape index (κ1) is 18.0. The molecular weight excluding hydrogens is 264 g/mol. The lowest BCUT2D eigenvalue weighted by atomic mass is 10.0. The number of ether oxygens (including phenoxy) is 1. The minimum absolute atomic E-state index is 0.107.